The predicted octanol–water partition coefficient (Wildman–Crippen LogP) is 6.69. The summed E-state index contributed by atoms with van der Waals surface area (Å²) < 4.78 is 0. The Labute approximate surface area is 216 Å². The molecule has 1 aliphatic heterocycles. The molecule has 5 rings (SSSR count). The Kier molecular flexibility index (Phi) is 8.06. The van der Waals surface area contributed by atoms with Gasteiger partial charge in [0.25, 0.3) is 5.91 Å². The van der Waals surface area contributed by atoms with Crippen LogP contribution in [0.1, 0.15) is 72.0 Å². The molecule has 0 spiro atoms. The second-order valence-corrected chi connectivity index (χ2v) is 11.2. The molecule has 0 radical (unpaired) electrons. The predicted molar refractivity (Wildman–Crippen MR) is 147 cm³/mol. The van der Waals surface area contributed by atoms with Crippen LogP contribution in [0.25, 0.3) is 0 Å². The molecule has 1 saturated heterocycles. The zero-order chi connectivity index (χ0) is 24.9. The molecule has 3 nitrogen and oxygen atoms in total. The maximum Gasteiger partial charge on any atom is 0.253 e. The van der Waals surface area contributed by atoms with E-state index in [1.807, 2.05) is 17.0 Å². The van der Waals surface area contributed by atoms with Crippen LogP contribution in [0.5, 0.6) is 0 Å². The molecule has 2 aromatic rings. The Morgan fingerprint density at radius 3 is 2.58 bits per heavy atom. The van der Waals surface area contributed by atoms with Crippen LogP contribution >= 0.6 is 0 Å². The lowest BCUT2D eigenvalue weighted by Crippen LogP contribution is -2.35. The molecular formula is C33H41NO2. The number of hydrogen-bond donors (Lipinski definition) is 1. The molecule has 2 aromatic carbocycles. The van der Waals surface area contributed by atoms with Gasteiger partial charge in [0.2, 0.25) is 0 Å². The third kappa shape index (κ3) is 6.00. The summed E-state index contributed by atoms with van der Waals surface area (Å²) in [6.07, 6.45) is 16.4. The number of carbonyl (C=O) groups excluding carboxylic acids is 1. The Morgan fingerprint density at radius 2 is 1.78 bits per heavy atom. The number of aliphatic hydroxyl groups excluding tert-OH is 1. The van der Waals surface area contributed by atoms with E-state index in [1.54, 1.807) is 0 Å². The summed E-state index contributed by atoms with van der Waals surface area (Å²) in [4.78, 5) is 14.9. The Bertz CT molecular complexity index is 1110. The fourth-order valence-electron chi connectivity index (χ4n) is 6.61. The Morgan fingerprint density at radius 1 is 1.00 bits per heavy atom. The Balaban J connectivity index is 1.13. The van der Waals surface area contributed by atoms with Crippen LogP contribution in [0.15, 0.2) is 72.3 Å². The Hall–Kier alpha value is -2.65. The van der Waals surface area contributed by atoms with Gasteiger partial charge in [-0.3, -0.25) is 4.79 Å². The second kappa shape index (κ2) is 11.6. The SMILES string of the molecule is Cc1cccc(CC/C=C/[C@@H]2[C@H]3CC(CCc4cccc(C(=O)N5CCCCC5)c4)=C[C@H]3C[C@H]2O)c1. The van der Waals surface area contributed by atoms with Gasteiger partial charge in [-0.05, 0) is 99.8 Å². The number of piperidine rings is 1. The molecule has 2 aliphatic carbocycles. The van der Waals surface area contributed by atoms with Crippen molar-refractivity contribution in [2.24, 2.45) is 17.8 Å². The van der Waals surface area contributed by atoms with Gasteiger partial charge in [0.15, 0.2) is 0 Å². The van der Waals surface area contributed by atoms with Gasteiger partial charge in [-0.15, -0.1) is 0 Å². The van der Waals surface area contributed by atoms with Crippen molar-refractivity contribution in [1.82, 2.24) is 4.90 Å². The lowest BCUT2D eigenvalue weighted by molar-refractivity contribution is 0.0724. The zero-order valence-corrected chi connectivity index (χ0v) is 21.7. The number of hydrogen-bond acceptors (Lipinski definition) is 2. The highest BCUT2D eigenvalue weighted by Crippen LogP contribution is 2.48. The highest BCUT2D eigenvalue weighted by atomic mass is 16.3. The smallest absolute Gasteiger partial charge is 0.253 e. The monoisotopic (exact) mass is 483 g/mol. The van der Waals surface area contributed by atoms with E-state index >= 15 is 0 Å². The van der Waals surface area contributed by atoms with E-state index < -0.39 is 0 Å². The van der Waals surface area contributed by atoms with E-state index in [2.05, 4.69) is 61.5 Å². The number of carbonyl (C=O) groups is 1. The van der Waals surface area contributed by atoms with Crippen molar-refractivity contribution in [3.63, 3.8) is 0 Å². The molecule has 0 bridgehead atoms. The molecule has 4 atom stereocenters. The molecule has 1 N–H and O–H groups in total. The quantitative estimate of drug-likeness (QED) is 0.425. The van der Waals surface area contributed by atoms with Gasteiger partial charge < -0.3 is 10.0 Å². The molecule has 1 saturated carbocycles. The van der Waals surface area contributed by atoms with Crippen molar-refractivity contribution in [1.29, 1.82) is 0 Å². The number of aryl methyl sites for hydroxylation is 3. The fourth-order valence-corrected chi connectivity index (χ4v) is 6.61. The third-order valence-corrected chi connectivity index (χ3v) is 8.54. The van der Waals surface area contributed by atoms with E-state index in [0.717, 1.165) is 70.0 Å². The molecule has 3 aliphatic rings. The summed E-state index contributed by atoms with van der Waals surface area (Å²) in [5.74, 6) is 1.51. The summed E-state index contributed by atoms with van der Waals surface area (Å²) in [7, 11) is 0. The summed E-state index contributed by atoms with van der Waals surface area (Å²) in [5, 5.41) is 10.7. The topological polar surface area (TPSA) is 40.5 Å². The van der Waals surface area contributed by atoms with Crippen LogP contribution in [0, 0.1) is 24.7 Å². The molecule has 3 heteroatoms. The minimum atomic E-state index is -0.217. The second-order valence-electron chi connectivity index (χ2n) is 11.2. The normalized spacial score (nSPS) is 25.8. The number of rotatable bonds is 8. The van der Waals surface area contributed by atoms with Crippen molar-refractivity contribution >= 4 is 5.91 Å². The largest absolute Gasteiger partial charge is 0.392 e. The number of nitrogens with zero attached hydrogens (tertiary/aromatic N) is 1. The van der Waals surface area contributed by atoms with Gasteiger partial charge in [0.1, 0.15) is 0 Å². The molecule has 36 heavy (non-hydrogen) atoms. The van der Waals surface area contributed by atoms with Gasteiger partial charge in [0.05, 0.1) is 6.10 Å². The first-order valence-corrected chi connectivity index (χ1v) is 14.0. The molecule has 2 fully saturated rings. The van der Waals surface area contributed by atoms with Crippen molar-refractivity contribution in [2.75, 3.05) is 13.1 Å². The third-order valence-electron chi connectivity index (χ3n) is 8.54. The van der Waals surface area contributed by atoms with Crippen LogP contribution in [0.4, 0.5) is 0 Å². The van der Waals surface area contributed by atoms with Gasteiger partial charge in [-0.25, -0.2) is 0 Å². The summed E-state index contributed by atoms with van der Waals surface area (Å²) in [5.41, 5.74) is 6.32. The number of allylic oxidation sites excluding steroid dienone is 3. The van der Waals surface area contributed by atoms with Crippen LogP contribution in [0.2, 0.25) is 0 Å². The minimum Gasteiger partial charge on any atom is -0.392 e. The number of fused-ring (bicyclic) bond motifs is 1. The molecule has 190 valence electrons. The van der Waals surface area contributed by atoms with E-state index in [4.69, 9.17) is 0 Å². The number of benzene rings is 2. The molecule has 1 heterocycles. The lowest BCUT2D eigenvalue weighted by Gasteiger charge is -2.26. The summed E-state index contributed by atoms with van der Waals surface area (Å²) in [6, 6.07) is 17.0. The van der Waals surface area contributed by atoms with Crippen molar-refractivity contribution in [3.8, 4) is 0 Å². The number of aliphatic hydroxyl groups is 1. The number of likely N-dealkylation sites (tertiary alicyclic amines) is 1. The first kappa shape index (κ1) is 25.0. The number of amides is 1. The average Bonchev–Trinajstić information content (AvgIpc) is 3.42. The van der Waals surface area contributed by atoms with Crippen molar-refractivity contribution < 1.29 is 9.90 Å². The lowest BCUT2D eigenvalue weighted by atomic mass is 9.88. The minimum absolute atomic E-state index is 0.192. The highest BCUT2D eigenvalue weighted by molar-refractivity contribution is 5.94. The van der Waals surface area contributed by atoms with E-state index in [9.17, 15) is 9.90 Å². The van der Waals surface area contributed by atoms with Crippen LogP contribution in [0.3, 0.4) is 0 Å². The zero-order valence-electron chi connectivity index (χ0n) is 21.7. The summed E-state index contributed by atoms with van der Waals surface area (Å²) >= 11 is 0. The van der Waals surface area contributed by atoms with E-state index in [-0.39, 0.29) is 17.9 Å². The van der Waals surface area contributed by atoms with Crippen LogP contribution < -0.4 is 0 Å². The van der Waals surface area contributed by atoms with Crippen molar-refractivity contribution in [2.45, 2.75) is 70.8 Å². The molecule has 0 unspecified atom stereocenters. The van der Waals surface area contributed by atoms with Gasteiger partial charge >= 0.3 is 0 Å². The maximum atomic E-state index is 12.9. The average molecular weight is 484 g/mol. The molecule has 1 amide bonds. The van der Waals surface area contributed by atoms with E-state index in [1.165, 1.54) is 28.7 Å². The molecule has 0 aromatic heterocycles. The highest BCUT2D eigenvalue weighted by Gasteiger charge is 2.43. The summed E-state index contributed by atoms with van der Waals surface area (Å²) in [6.45, 7) is 3.93. The first-order chi connectivity index (χ1) is 17.6. The van der Waals surface area contributed by atoms with Gasteiger partial charge in [-0.1, -0.05) is 65.8 Å². The van der Waals surface area contributed by atoms with Crippen LogP contribution in [-0.4, -0.2) is 35.1 Å². The maximum absolute atomic E-state index is 12.9. The van der Waals surface area contributed by atoms with Crippen molar-refractivity contribution in [3.05, 3.63) is 94.6 Å². The fraction of sp³-hybridized carbons (Fsp3) is 0.485. The van der Waals surface area contributed by atoms with Gasteiger partial charge in [-0.2, -0.15) is 0 Å². The van der Waals surface area contributed by atoms with Crippen LogP contribution in [-0.2, 0) is 12.8 Å². The standard InChI is InChI=1S/C33H41NO2/c1-24-9-7-11-25(19-24)10-3-4-14-30-31-22-27(21-29(31)23-32(30)35)16-15-26-12-8-13-28(20-26)33(36)34-17-5-2-6-18-34/h4,7-9,11-14,19-21,29-32,35H,2-3,5-6,10,15-18,22-23H2,1H3/b14-4+/t29-,30+,31-,32+/m0/s1. The molecular weight excluding hydrogens is 442 g/mol. The van der Waals surface area contributed by atoms with Gasteiger partial charge in [0, 0.05) is 24.6 Å². The first-order valence-electron chi connectivity index (χ1n) is 14.0. The van der Waals surface area contributed by atoms with E-state index in [0.29, 0.717) is 11.8 Å².